The highest BCUT2D eigenvalue weighted by Crippen LogP contribution is 2.33. The average molecular weight is 383 g/mol. The maximum Gasteiger partial charge on any atom is 0.264 e. The third kappa shape index (κ3) is 3.08. The van der Waals surface area contributed by atoms with Crippen molar-refractivity contribution in [2.24, 2.45) is 5.92 Å². The van der Waals surface area contributed by atoms with E-state index < -0.39 is 29.7 Å². The number of nitrogens with zero attached hydrogens (tertiary/aromatic N) is 1. The zero-order valence-electron chi connectivity index (χ0n) is 15.3. The molecule has 0 spiro atoms. The normalized spacial score (nSPS) is 22.9. The van der Waals surface area contributed by atoms with E-state index in [1.807, 2.05) is 0 Å². The van der Waals surface area contributed by atoms with Crippen molar-refractivity contribution in [3.05, 3.63) is 29.3 Å². The minimum absolute atomic E-state index is 0.0646. The number of imide groups is 2. The molecule has 2 N–H and O–H groups in total. The van der Waals surface area contributed by atoms with E-state index >= 15 is 0 Å². The Morgan fingerprint density at radius 1 is 1.00 bits per heavy atom. The van der Waals surface area contributed by atoms with Crippen LogP contribution in [-0.2, 0) is 14.4 Å². The Hall–Kier alpha value is -3.03. The number of benzene rings is 1. The zero-order chi connectivity index (χ0) is 19.8. The van der Waals surface area contributed by atoms with Gasteiger partial charge in [0.1, 0.15) is 6.04 Å². The molecule has 0 radical (unpaired) electrons. The first kappa shape index (κ1) is 18.3. The fourth-order valence-electron chi connectivity index (χ4n) is 4.22. The molecule has 1 atom stereocenters. The van der Waals surface area contributed by atoms with Gasteiger partial charge in [-0.25, -0.2) is 0 Å². The third-order valence-corrected chi connectivity index (χ3v) is 5.70. The van der Waals surface area contributed by atoms with E-state index in [0.717, 1.165) is 37.0 Å². The highest BCUT2D eigenvalue weighted by atomic mass is 16.2. The van der Waals surface area contributed by atoms with E-state index in [-0.39, 0.29) is 35.8 Å². The number of carbonyl (C=O) groups excluding carboxylic acids is 5. The van der Waals surface area contributed by atoms with Gasteiger partial charge in [0.15, 0.2) is 0 Å². The van der Waals surface area contributed by atoms with Gasteiger partial charge in [-0.05, 0) is 31.4 Å². The van der Waals surface area contributed by atoms with Crippen LogP contribution >= 0.6 is 0 Å². The van der Waals surface area contributed by atoms with Gasteiger partial charge in [-0.3, -0.25) is 34.2 Å². The lowest BCUT2D eigenvalue weighted by Gasteiger charge is -2.27. The summed E-state index contributed by atoms with van der Waals surface area (Å²) in [6, 6.07) is 3.69. The molecule has 2 aliphatic heterocycles. The van der Waals surface area contributed by atoms with Crippen LogP contribution in [0.1, 0.15) is 65.7 Å². The van der Waals surface area contributed by atoms with Gasteiger partial charge >= 0.3 is 0 Å². The molecule has 5 amide bonds. The van der Waals surface area contributed by atoms with Gasteiger partial charge in [-0.1, -0.05) is 25.3 Å². The summed E-state index contributed by atoms with van der Waals surface area (Å²) in [5, 5.41) is 4.98. The second-order valence-electron chi connectivity index (χ2n) is 7.50. The first-order valence-electron chi connectivity index (χ1n) is 9.63. The number of hydrogen-bond acceptors (Lipinski definition) is 5. The summed E-state index contributed by atoms with van der Waals surface area (Å²) in [6.45, 7) is 0. The second kappa shape index (κ2) is 7.18. The van der Waals surface area contributed by atoms with Gasteiger partial charge in [0.05, 0.1) is 16.8 Å². The number of nitrogens with one attached hydrogen (secondary N) is 2. The first-order chi connectivity index (χ1) is 13.5. The Balaban J connectivity index is 1.60. The van der Waals surface area contributed by atoms with Crippen LogP contribution in [0.4, 0.5) is 5.69 Å². The largest absolute Gasteiger partial charge is 0.325 e. The summed E-state index contributed by atoms with van der Waals surface area (Å²) in [5.41, 5.74) is 0.568. The maximum atomic E-state index is 13.0. The summed E-state index contributed by atoms with van der Waals surface area (Å²) >= 11 is 0. The van der Waals surface area contributed by atoms with Gasteiger partial charge in [0.25, 0.3) is 11.8 Å². The highest BCUT2D eigenvalue weighted by Gasteiger charge is 2.45. The molecule has 2 heterocycles. The molecule has 3 aliphatic rings. The predicted molar refractivity (Wildman–Crippen MR) is 98.3 cm³/mol. The second-order valence-corrected chi connectivity index (χ2v) is 7.50. The molecule has 1 saturated carbocycles. The van der Waals surface area contributed by atoms with Crippen molar-refractivity contribution in [1.29, 1.82) is 0 Å². The Labute approximate surface area is 161 Å². The van der Waals surface area contributed by atoms with Crippen LogP contribution in [0.25, 0.3) is 0 Å². The molecule has 1 unspecified atom stereocenters. The van der Waals surface area contributed by atoms with Crippen molar-refractivity contribution in [1.82, 2.24) is 10.2 Å². The van der Waals surface area contributed by atoms with Crippen molar-refractivity contribution in [2.45, 2.75) is 51.0 Å². The molecular formula is C20H21N3O5. The molecule has 1 saturated heterocycles. The summed E-state index contributed by atoms with van der Waals surface area (Å²) in [4.78, 5) is 62.8. The molecule has 1 aromatic rings. The molecule has 2 fully saturated rings. The van der Waals surface area contributed by atoms with Crippen molar-refractivity contribution in [3.63, 3.8) is 0 Å². The van der Waals surface area contributed by atoms with Gasteiger partial charge in [0.2, 0.25) is 17.7 Å². The summed E-state index contributed by atoms with van der Waals surface area (Å²) in [5.74, 6) is -2.51. The smallest absolute Gasteiger partial charge is 0.264 e. The van der Waals surface area contributed by atoms with Gasteiger partial charge in [-0.2, -0.15) is 0 Å². The summed E-state index contributed by atoms with van der Waals surface area (Å²) < 4.78 is 0. The van der Waals surface area contributed by atoms with E-state index in [1.54, 1.807) is 12.1 Å². The minimum atomic E-state index is -1.02. The Morgan fingerprint density at radius 2 is 1.75 bits per heavy atom. The van der Waals surface area contributed by atoms with Gasteiger partial charge in [-0.15, -0.1) is 0 Å². The standard InChI is InChI=1S/C20H21N3O5/c24-15-10-9-14(18(26)22-15)23-19(27)12-7-4-8-13(16(12)20(23)28)21-17(25)11-5-2-1-3-6-11/h4,7-8,11,14H,1-3,5-6,9-10H2,(H,21,25)(H,22,24,26). The number of carbonyl (C=O) groups is 5. The number of amides is 5. The molecule has 1 aliphatic carbocycles. The zero-order valence-corrected chi connectivity index (χ0v) is 15.3. The van der Waals surface area contributed by atoms with E-state index in [4.69, 9.17) is 0 Å². The summed E-state index contributed by atoms with van der Waals surface area (Å²) in [6.07, 6.45) is 4.93. The molecule has 28 heavy (non-hydrogen) atoms. The van der Waals surface area contributed by atoms with Crippen LogP contribution in [0.15, 0.2) is 18.2 Å². The molecule has 1 aromatic carbocycles. The first-order valence-corrected chi connectivity index (χ1v) is 9.63. The van der Waals surface area contributed by atoms with Crippen molar-refractivity contribution >= 4 is 35.2 Å². The fourth-order valence-corrected chi connectivity index (χ4v) is 4.22. The lowest BCUT2D eigenvalue weighted by Crippen LogP contribution is -2.54. The van der Waals surface area contributed by atoms with E-state index in [0.29, 0.717) is 5.69 Å². The molecule has 0 bridgehead atoms. The fraction of sp³-hybridized carbons (Fsp3) is 0.450. The lowest BCUT2D eigenvalue weighted by molar-refractivity contribution is -0.136. The maximum absolute atomic E-state index is 13.0. The number of fused-ring (bicyclic) bond motifs is 1. The molecule has 4 rings (SSSR count). The van der Waals surface area contributed by atoms with Crippen LogP contribution in [0.5, 0.6) is 0 Å². The van der Waals surface area contributed by atoms with Crippen LogP contribution < -0.4 is 10.6 Å². The number of hydrogen-bond donors (Lipinski definition) is 2. The molecule has 8 nitrogen and oxygen atoms in total. The summed E-state index contributed by atoms with van der Waals surface area (Å²) in [7, 11) is 0. The average Bonchev–Trinajstić information content (AvgIpc) is 2.94. The quantitative estimate of drug-likeness (QED) is 0.770. The lowest BCUT2D eigenvalue weighted by atomic mass is 9.88. The molecule has 8 heteroatoms. The van der Waals surface area contributed by atoms with E-state index in [9.17, 15) is 24.0 Å². The van der Waals surface area contributed by atoms with E-state index in [2.05, 4.69) is 10.6 Å². The van der Waals surface area contributed by atoms with Crippen molar-refractivity contribution in [3.8, 4) is 0 Å². The monoisotopic (exact) mass is 383 g/mol. The molecule has 146 valence electrons. The van der Waals surface area contributed by atoms with Crippen LogP contribution in [0.2, 0.25) is 0 Å². The number of rotatable bonds is 3. The van der Waals surface area contributed by atoms with Crippen molar-refractivity contribution in [2.75, 3.05) is 5.32 Å². The topological polar surface area (TPSA) is 113 Å². The van der Waals surface area contributed by atoms with Gasteiger partial charge < -0.3 is 5.32 Å². The number of anilines is 1. The Morgan fingerprint density at radius 3 is 2.46 bits per heavy atom. The SMILES string of the molecule is O=C1CCC(N2C(=O)c3cccc(NC(=O)C4CCCCC4)c3C2=O)C(=O)N1. The number of piperidine rings is 1. The van der Waals surface area contributed by atoms with E-state index in [1.165, 1.54) is 6.07 Å². The predicted octanol–water partition coefficient (Wildman–Crippen LogP) is 1.61. The van der Waals surface area contributed by atoms with Crippen LogP contribution in [0, 0.1) is 5.92 Å². The van der Waals surface area contributed by atoms with Crippen LogP contribution in [-0.4, -0.2) is 40.5 Å². The third-order valence-electron chi connectivity index (χ3n) is 5.70. The molecule has 0 aromatic heterocycles. The Bertz CT molecular complexity index is 888. The highest BCUT2D eigenvalue weighted by molar-refractivity contribution is 6.26. The molecular weight excluding hydrogens is 362 g/mol. The Kier molecular flexibility index (Phi) is 4.70. The van der Waals surface area contributed by atoms with Crippen LogP contribution in [0.3, 0.4) is 0 Å². The van der Waals surface area contributed by atoms with Crippen molar-refractivity contribution < 1.29 is 24.0 Å². The van der Waals surface area contributed by atoms with Gasteiger partial charge in [0, 0.05) is 12.3 Å². The minimum Gasteiger partial charge on any atom is -0.325 e.